The van der Waals surface area contributed by atoms with E-state index in [1.165, 1.54) is 36.4 Å². The predicted octanol–water partition coefficient (Wildman–Crippen LogP) is 2.67. The molecule has 0 unspecified atom stereocenters. The van der Waals surface area contributed by atoms with E-state index in [9.17, 15) is 14.4 Å². The molecular formula is C19H16ClN5O4. The van der Waals surface area contributed by atoms with Crippen LogP contribution in [-0.2, 0) is 14.3 Å². The smallest absolute Gasteiger partial charge is 0.338 e. The second-order valence-corrected chi connectivity index (χ2v) is 6.32. The fraction of sp³-hybridized carbons (Fsp3) is 0.105. The van der Waals surface area contributed by atoms with E-state index in [1.54, 1.807) is 30.3 Å². The van der Waals surface area contributed by atoms with Gasteiger partial charge in [0.05, 0.1) is 16.9 Å². The third-order valence-electron chi connectivity index (χ3n) is 3.67. The van der Waals surface area contributed by atoms with Gasteiger partial charge in [-0.15, -0.1) is 0 Å². The molecule has 0 fully saturated rings. The van der Waals surface area contributed by atoms with Crippen molar-refractivity contribution in [2.75, 3.05) is 17.2 Å². The van der Waals surface area contributed by atoms with Gasteiger partial charge in [0, 0.05) is 17.6 Å². The number of carbonyl (C=O) groups excluding carboxylic acids is 3. The van der Waals surface area contributed by atoms with Gasteiger partial charge < -0.3 is 15.4 Å². The molecule has 0 radical (unpaired) electrons. The minimum atomic E-state index is -0.669. The Balaban J connectivity index is 1.61. The average molecular weight is 414 g/mol. The highest BCUT2D eigenvalue weighted by atomic mass is 35.5. The highest BCUT2D eigenvalue weighted by molar-refractivity contribution is 6.31. The molecule has 29 heavy (non-hydrogen) atoms. The minimum absolute atomic E-state index is 0.219. The zero-order valence-corrected chi connectivity index (χ0v) is 16.0. The first-order valence-electron chi connectivity index (χ1n) is 8.41. The van der Waals surface area contributed by atoms with Crippen LogP contribution in [-0.4, -0.2) is 39.2 Å². The summed E-state index contributed by atoms with van der Waals surface area (Å²) in [4.78, 5) is 39.2. The quantitative estimate of drug-likeness (QED) is 0.600. The molecule has 2 N–H and O–H groups in total. The van der Waals surface area contributed by atoms with Gasteiger partial charge in [0.15, 0.2) is 6.61 Å². The number of ether oxygens (including phenoxy) is 1. The van der Waals surface area contributed by atoms with Gasteiger partial charge in [-0.25, -0.2) is 14.5 Å². The van der Waals surface area contributed by atoms with Crippen molar-refractivity contribution >= 4 is 40.8 Å². The Kier molecular flexibility index (Phi) is 6.20. The summed E-state index contributed by atoms with van der Waals surface area (Å²) in [6, 6.07) is 11.0. The predicted molar refractivity (Wildman–Crippen MR) is 106 cm³/mol. The van der Waals surface area contributed by atoms with Crippen LogP contribution in [0, 0.1) is 0 Å². The van der Waals surface area contributed by atoms with E-state index < -0.39 is 18.5 Å². The van der Waals surface area contributed by atoms with Crippen molar-refractivity contribution in [3.63, 3.8) is 0 Å². The molecule has 0 aliphatic heterocycles. The van der Waals surface area contributed by atoms with Gasteiger partial charge in [0.25, 0.3) is 5.91 Å². The molecule has 0 atom stereocenters. The van der Waals surface area contributed by atoms with Gasteiger partial charge >= 0.3 is 5.97 Å². The number of rotatable bonds is 6. The highest BCUT2D eigenvalue weighted by Crippen LogP contribution is 2.24. The molecule has 1 heterocycles. The third kappa shape index (κ3) is 5.39. The maximum absolute atomic E-state index is 12.2. The average Bonchev–Trinajstić information content (AvgIpc) is 3.21. The molecule has 0 aliphatic carbocycles. The number of benzene rings is 2. The Morgan fingerprint density at radius 3 is 2.52 bits per heavy atom. The maximum atomic E-state index is 12.2. The molecule has 3 rings (SSSR count). The van der Waals surface area contributed by atoms with Crippen LogP contribution in [0.3, 0.4) is 0 Å². The number of esters is 1. The molecule has 2 aromatic carbocycles. The molecule has 2 amide bonds. The van der Waals surface area contributed by atoms with Crippen molar-refractivity contribution in [1.82, 2.24) is 14.8 Å². The van der Waals surface area contributed by atoms with Crippen LogP contribution in [0.1, 0.15) is 17.3 Å². The van der Waals surface area contributed by atoms with E-state index in [1.807, 2.05) is 0 Å². The third-order valence-corrected chi connectivity index (χ3v) is 3.91. The van der Waals surface area contributed by atoms with E-state index in [0.717, 1.165) is 0 Å². The molecular weight excluding hydrogens is 398 g/mol. The van der Waals surface area contributed by atoms with Crippen molar-refractivity contribution in [3.05, 3.63) is 65.7 Å². The van der Waals surface area contributed by atoms with Gasteiger partial charge in [-0.1, -0.05) is 11.6 Å². The van der Waals surface area contributed by atoms with Crippen molar-refractivity contribution in [2.45, 2.75) is 6.92 Å². The Morgan fingerprint density at radius 1 is 1.10 bits per heavy atom. The fourth-order valence-corrected chi connectivity index (χ4v) is 2.61. The van der Waals surface area contributed by atoms with Gasteiger partial charge in [0.1, 0.15) is 12.7 Å². The van der Waals surface area contributed by atoms with E-state index >= 15 is 0 Å². The summed E-state index contributed by atoms with van der Waals surface area (Å²) < 4.78 is 6.50. The lowest BCUT2D eigenvalue weighted by Crippen LogP contribution is -2.21. The lowest BCUT2D eigenvalue weighted by molar-refractivity contribution is -0.119. The summed E-state index contributed by atoms with van der Waals surface area (Å²) in [5.74, 6) is -1.43. The van der Waals surface area contributed by atoms with Gasteiger partial charge in [-0.3, -0.25) is 9.59 Å². The molecule has 0 saturated heterocycles. The molecule has 148 valence electrons. The summed E-state index contributed by atoms with van der Waals surface area (Å²) in [5.41, 5.74) is 1.75. The first-order valence-corrected chi connectivity index (χ1v) is 8.79. The van der Waals surface area contributed by atoms with E-state index in [2.05, 4.69) is 20.7 Å². The number of nitrogens with one attached hydrogen (secondary N) is 2. The molecule has 0 spiro atoms. The topological polar surface area (TPSA) is 115 Å². The molecule has 0 aliphatic rings. The van der Waals surface area contributed by atoms with Gasteiger partial charge in [-0.05, 0) is 42.5 Å². The second-order valence-electron chi connectivity index (χ2n) is 5.88. The highest BCUT2D eigenvalue weighted by Gasteiger charge is 2.13. The monoisotopic (exact) mass is 413 g/mol. The van der Waals surface area contributed by atoms with Crippen LogP contribution in [0.5, 0.6) is 0 Å². The van der Waals surface area contributed by atoms with Crippen molar-refractivity contribution in [1.29, 1.82) is 0 Å². The lowest BCUT2D eigenvalue weighted by Gasteiger charge is -2.11. The first kappa shape index (κ1) is 20.0. The summed E-state index contributed by atoms with van der Waals surface area (Å²) in [6.07, 6.45) is 2.84. The number of amides is 2. The number of nitrogens with zero attached hydrogens (tertiary/aromatic N) is 3. The first-order chi connectivity index (χ1) is 13.9. The Hall–Kier alpha value is -3.72. The number of halogens is 1. The van der Waals surface area contributed by atoms with Crippen LogP contribution in [0.15, 0.2) is 55.1 Å². The molecule has 3 aromatic rings. The molecule has 9 nitrogen and oxygen atoms in total. The largest absolute Gasteiger partial charge is 0.452 e. The van der Waals surface area contributed by atoms with Gasteiger partial charge in [-0.2, -0.15) is 5.10 Å². The van der Waals surface area contributed by atoms with E-state index in [4.69, 9.17) is 16.3 Å². The van der Waals surface area contributed by atoms with Crippen LogP contribution < -0.4 is 10.6 Å². The molecule has 0 saturated carbocycles. The Bertz CT molecular complexity index is 1040. The summed E-state index contributed by atoms with van der Waals surface area (Å²) >= 11 is 6.01. The van der Waals surface area contributed by atoms with Crippen molar-refractivity contribution < 1.29 is 19.1 Å². The SMILES string of the molecule is CC(=O)Nc1ccc(C(=O)OCC(=O)Nc2cc(Cl)ccc2-n2cncn2)cc1. The number of hydrogen-bond donors (Lipinski definition) is 2. The number of aromatic nitrogens is 3. The normalized spacial score (nSPS) is 10.3. The van der Waals surface area contributed by atoms with Crippen LogP contribution in [0.2, 0.25) is 5.02 Å². The minimum Gasteiger partial charge on any atom is -0.452 e. The summed E-state index contributed by atoms with van der Waals surface area (Å²) in [6.45, 7) is 0.893. The number of anilines is 2. The number of carbonyl (C=O) groups is 3. The summed E-state index contributed by atoms with van der Waals surface area (Å²) in [5, 5.41) is 9.67. The van der Waals surface area contributed by atoms with Crippen molar-refractivity contribution in [2.24, 2.45) is 0 Å². The van der Waals surface area contributed by atoms with E-state index in [-0.39, 0.29) is 11.5 Å². The molecule has 1 aromatic heterocycles. The van der Waals surface area contributed by atoms with Crippen LogP contribution >= 0.6 is 11.6 Å². The second kappa shape index (κ2) is 8.98. The van der Waals surface area contributed by atoms with Crippen LogP contribution in [0.25, 0.3) is 5.69 Å². The standard InChI is InChI=1S/C19H16ClN5O4/c1-12(26)23-15-5-2-13(3-6-15)19(28)29-9-18(27)24-16-8-14(20)4-7-17(16)25-11-21-10-22-25/h2-8,10-11H,9H2,1H3,(H,23,26)(H,24,27). The van der Waals surface area contributed by atoms with Gasteiger partial charge in [0.2, 0.25) is 5.91 Å². The van der Waals surface area contributed by atoms with E-state index in [0.29, 0.717) is 22.1 Å². The zero-order valence-electron chi connectivity index (χ0n) is 15.3. The Labute approximate surface area is 170 Å². The molecule has 10 heteroatoms. The summed E-state index contributed by atoms with van der Waals surface area (Å²) in [7, 11) is 0. The fourth-order valence-electron chi connectivity index (χ4n) is 2.43. The lowest BCUT2D eigenvalue weighted by atomic mass is 10.2. The Morgan fingerprint density at radius 2 is 1.86 bits per heavy atom. The molecule has 0 bridgehead atoms. The van der Waals surface area contributed by atoms with Crippen LogP contribution in [0.4, 0.5) is 11.4 Å². The number of hydrogen-bond acceptors (Lipinski definition) is 6. The zero-order chi connectivity index (χ0) is 20.8. The van der Waals surface area contributed by atoms with Crippen molar-refractivity contribution in [3.8, 4) is 5.69 Å². The maximum Gasteiger partial charge on any atom is 0.338 e.